The van der Waals surface area contributed by atoms with Gasteiger partial charge in [0.05, 0.1) is 17.2 Å². The van der Waals surface area contributed by atoms with Crippen LogP contribution in [0.3, 0.4) is 0 Å². The lowest BCUT2D eigenvalue weighted by Crippen LogP contribution is -2.14. The summed E-state index contributed by atoms with van der Waals surface area (Å²) in [7, 11) is -1.19. The largest absolute Gasteiger partial charge is 0.493 e. The minimum absolute atomic E-state index is 0.0173. The van der Waals surface area contributed by atoms with Gasteiger partial charge < -0.3 is 14.8 Å². The summed E-state index contributed by atoms with van der Waals surface area (Å²) in [5.41, 5.74) is 0.110. The fourth-order valence-electron chi connectivity index (χ4n) is 2.95. The van der Waals surface area contributed by atoms with Crippen molar-refractivity contribution in [2.24, 2.45) is 0 Å². The molecule has 0 aliphatic carbocycles. The minimum Gasteiger partial charge on any atom is -0.493 e. The van der Waals surface area contributed by atoms with Gasteiger partial charge in [0.25, 0.3) is 10.0 Å². The number of hydrogen-bond donors (Lipinski definition) is 1. The third-order valence-corrected chi connectivity index (χ3v) is 6.00. The fourth-order valence-corrected chi connectivity index (χ4v) is 4.36. The maximum absolute atomic E-state index is 14.6. The van der Waals surface area contributed by atoms with Gasteiger partial charge in [-0.05, 0) is 42.9 Å². The van der Waals surface area contributed by atoms with Crippen molar-refractivity contribution in [1.82, 2.24) is 9.29 Å². The van der Waals surface area contributed by atoms with Crippen LogP contribution in [0.2, 0.25) is 0 Å². The summed E-state index contributed by atoms with van der Waals surface area (Å²) in [5, 5.41) is 2.50. The monoisotopic (exact) mass is 434 g/mol. The van der Waals surface area contributed by atoms with Gasteiger partial charge in [-0.2, -0.15) is 0 Å². The van der Waals surface area contributed by atoms with Crippen LogP contribution < -0.4 is 10.1 Å². The lowest BCUT2D eigenvalue weighted by Gasteiger charge is -2.13. The van der Waals surface area contributed by atoms with Crippen molar-refractivity contribution in [3.8, 4) is 17.0 Å². The molecule has 0 saturated carbocycles. The quantitative estimate of drug-likeness (QED) is 0.493. The molecule has 3 rings (SSSR count). The molecule has 0 amide bonds. The number of nitrogens with zero attached hydrogens (tertiary/aromatic N) is 1. The molecule has 6 nitrogen and oxygen atoms in total. The first-order chi connectivity index (χ1) is 15.2. The molecule has 0 aliphatic rings. The molecule has 3 aromatic rings. The highest BCUT2D eigenvalue weighted by Crippen LogP contribution is 2.30. The van der Waals surface area contributed by atoms with E-state index in [1.54, 1.807) is 25.3 Å². The van der Waals surface area contributed by atoms with Gasteiger partial charge in [-0.15, -0.1) is 0 Å². The summed E-state index contributed by atoms with van der Waals surface area (Å²) >= 11 is 0. The number of methoxy groups -OCH3 is 1. The van der Waals surface area contributed by atoms with Crippen molar-refractivity contribution in [1.29, 1.82) is 0 Å². The molecule has 0 fully saturated rings. The van der Waals surface area contributed by atoms with Crippen LogP contribution in [0.25, 0.3) is 11.3 Å². The molecule has 2 aromatic carbocycles. The molecule has 0 spiro atoms. The van der Waals surface area contributed by atoms with Crippen molar-refractivity contribution >= 4 is 10.0 Å². The highest BCUT2D eigenvalue weighted by atomic mass is 32.2. The van der Waals surface area contributed by atoms with Gasteiger partial charge in [-0.3, -0.25) is 0 Å². The molecular weight excluding hydrogens is 407 g/mol. The van der Waals surface area contributed by atoms with E-state index < -0.39 is 22.3 Å². The average Bonchev–Trinajstić information content (AvgIpc) is 3.24. The summed E-state index contributed by atoms with van der Waals surface area (Å²) in [5.74, 6) is -0.249. The molecule has 0 saturated heterocycles. The highest BCUT2D eigenvalue weighted by Gasteiger charge is 2.23. The van der Waals surface area contributed by atoms with Crippen LogP contribution in [0.4, 0.5) is 4.39 Å². The Bertz CT molecular complexity index is 1180. The van der Waals surface area contributed by atoms with Crippen molar-refractivity contribution in [2.75, 3.05) is 27.4 Å². The summed E-state index contributed by atoms with van der Waals surface area (Å²) < 4.78 is 69.3. The molecule has 8 heteroatoms. The third kappa shape index (κ3) is 4.89. The van der Waals surface area contributed by atoms with Gasteiger partial charge in [-0.25, -0.2) is 16.8 Å². The zero-order valence-corrected chi connectivity index (χ0v) is 17.6. The van der Waals surface area contributed by atoms with Gasteiger partial charge in [0, 0.05) is 47.2 Å². The van der Waals surface area contributed by atoms with Gasteiger partial charge >= 0.3 is 0 Å². The Morgan fingerprint density at radius 2 is 1.93 bits per heavy atom. The molecule has 30 heavy (non-hydrogen) atoms. The lowest BCUT2D eigenvalue weighted by molar-refractivity contribution is 0.172. The Labute approximate surface area is 179 Å². The predicted molar refractivity (Wildman–Crippen MR) is 114 cm³/mol. The number of halogens is 1. The van der Waals surface area contributed by atoms with E-state index in [-0.39, 0.29) is 21.7 Å². The van der Waals surface area contributed by atoms with Crippen LogP contribution in [0.1, 0.15) is 14.7 Å². The summed E-state index contributed by atoms with van der Waals surface area (Å²) in [6, 6.07) is 13.1. The lowest BCUT2D eigenvalue weighted by atomic mass is 10.1. The minimum atomic E-state index is -4.19. The Morgan fingerprint density at radius 3 is 2.67 bits per heavy atom. The van der Waals surface area contributed by atoms with E-state index in [1.165, 1.54) is 49.6 Å². The van der Waals surface area contributed by atoms with Crippen molar-refractivity contribution < 1.29 is 25.0 Å². The van der Waals surface area contributed by atoms with E-state index in [0.29, 0.717) is 25.4 Å². The number of hydrogen-bond acceptors (Lipinski definition) is 5. The maximum Gasteiger partial charge on any atom is 0.268 e. The van der Waals surface area contributed by atoms with Crippen molar-refractivity contribution in [2.45, 2.75) is 17.8 Å². The third-order valence-electron chi connectivity index (χ3n) is 4.33. The van der Waals surface area contributed by atoms with Crippen LogP contribution in [0.15, 0.2) is 65.7 Å². The second-order valence-corrected chi connectivity index (χ2v) is 8.25. The number of ether oxygens (including phenoxy) is 2. The van der Waals surface area contributed by atoms with E-state index >= 15 is 0 Å². The van der Waals surface area contributed by atoms with Crippen LogP contribution >= 0.6 is 0 Å². The van der Waals surface area contributed by atoms with Gasteiger partial charge in [0.2, 0.25) is 0 Å². The average molecular weight is 435 g/mol. The van der Waals surface area contributed by atoms with E-state index in [4.69, 9.17) is 12.2 Å². The SMILES string of the molecule is [2H]C([2H])(NC)c1cc(-c2ccccc2F)n(S(=O)(=O)c2cccc(OCCCOC)c2)c1. The first kappa shape index (κ1) is 19.3. The molecule has 0 aliphatic heterocycles. The van der Waals surface area contributed by atoms with Crippen LogP contribution in [0, 0.1) is 5.82 Å². The smallest absolute Gasteiger partial charge is 0.268 e. The molecule has 0 atom stereocenters. The van der Waals surface area contributed by atoms with E-state index in [2.05, 4.69) is 5.32 Å². The van der Waals surface area contributed by atoms with E-state index in [9.17, 15) is 12.8 Å². The summed E-state index contributed by atoms with van der Waals surface area (Å²) in [4.78, 5) is -0.0634. The maximum atomic E-state index is 14.6. The van der Waals surface area contributed by atoms with Gasteiger partial charge in [0.1, 0.15) is 11.6 Å². The van der Waals surface area contributed by atoms with E-state index in [0.717, 1.165) is 3.97 Å². The highest BCUT2D eigenvalue weighted by molar-refractivity contribution is 7.90. The molecule has 0 unspecified atom stereocenters. The second kappa shape index (κ2) is 9.88. The number of benzene rings is 2. The van der Waals surface area contributed by atoms with Gasteiger partial charge in [0.15, 0.2) is 0 Å². The Kier molecular flexibility index (Phi) is 6.36. The first-order valence-electron chi connectivity index (χ1n) is 10.3. The Balaban J connectivity index is 2.09. The van der Waals surface area contributed by atoms with Gasteiger partial charge in [-0.1, -0.05) is 18.2 Å². The fraction of sp³-hybridized carbons (Fsp3) is 0.273. The summed E-state index contributed by atoms with van der Waals surface area (Å²) in [6.07, 6.45) is 1.81. The van der Waals surface area contributed by atoms with Crippen molar-refractivity contribution in [3.63, 3.8) is 0 Å². The normalized spacial score (nSPS) is 13.0. The molecular formula is C22H25FN2O4S. The van der Waals surface area contributed by atoms with Crippen LogP contribution in [-0.4, -0.2) is 39.8 Å². The molecule has 0 bridgehead atoms. The van der Waals surface area contributed by atoms with Crippen molar-refractivity contribution in [3.05, 3.63) is 72.2 Å². The first-order valence-corrected chi connectivity index (χ1v) is 10.8. The van der Waals surface area contributed by atoms with Crippen LogP contribution in [-0.2, 0) is 21.3 Å². The second-order valence-electron chi connectivity index (χ2n) is 6.44. The summed E-state index contributed by atoms with van der Waals surface area (Å²) in [6.45, 7) is -1.15. The zero-order valence-electron chi connectivity index (χ0n) is 18.8. The molecule has 160 valence electrons. The topological polar surface area (TPSA) is 69.6 Å². The van der Waals surface area contributed by atoms with E-state index in [1.807, 2.05) is 0 Å². The Morgan fingerprint density at radius 1 is 1.13 bits per heavy atom. The molecule has 0 radical (unpaired) electrons. The predicted octanol–water partition coefficient (Wildman–Crippen LogP) is 3.67. The number of aromatic nitrogens is 1. The number of rotatable bonds is 10. The molecule has 1 N–H and O–H groups in total. The van der Waals surface area contributed by atoms with Crippen LogP contribution in [0.5, 0.6) is 5.75 Å². The zero-order chi connectivity index (χ0) is 23.4. The standard InChI is InChI=1S/C22H25FN2O4S/c1-24-15-17-13-22(20-9-3-4-10-21(20)23)25(16-17)30(26,27)19-8-5-7-18(14-19)29-12-6-11-28-2/h3-5,7-10,13-14,16,24H,6,11-12,15H2,1-2H3/i15D2. The number of nitrogens with one attached hydrogen (secondary N) is 1. The molecule has 1 aromatic heterocycles. The Hall–Kier alpha value is -2.68. The molecule has 1 heterocycles.